The lowest BCUT2D eigenvalue weighted by Gasteiger charge is -2.30. The fourth-order valence-corrected chi connectivity index (χ4v) is 4.12. The molecule has 1 saturated carbocycles. The number of nitrogens with one attached hydrogen (secondary N) is 2. The Balaban J connectivity index is 1.44. The SMILES string of the molecule is O=C(Cc1cn2ccsc2n1)NN1C(=O)NC2(CCCCC2)C1=O. The second-order valence-electron chi connectivity index (χ2n) is 6.25. The Labute approximate surface area is 141 Å². The highest BCUT2D eigenvalue weighted by molar-refractivity contribution is 7.15. The largest absolute Gasteiger partial charge is 0.344 e. The quantitative estimate of drug-likeness (QED) is 0.816. The van der Waals surface area contributed by atoms with Crippen molar-refractivity contribution in [2.45, 2.75) is 44.1 Å². The van der Waals surface area contributed by atoms with E-state index in [0.29, 0.717) is 18.5 Å². The van der Waals surface area contributed by atoms with Crippen molar-refractivity contribution >= 4 is 34.1 Å². The van der Waals surface area contributed by atoms with E-state index in [1.165, 1.54) is 11.3 Å². The zero-order valence-electron chi connectivity index (χ0n) is 12.9. The number of fused-ring (bicyclic) bond motifs is 1. The molecule has 2 fully saturated rings. The third-order valence-electron chi connectivity index (χ3n) is 4.59. The minimum Gasteiger partial charge on any atom is -0.322 e. The van der Waals surface area contributed by atoms with E-state index in [9.17, 15) is 14.4 Å². The second kappa shape index (κ2) is 5.59. The fraction of sp³-hybridized carbons (Fsp3) is 0.467. The van der Waals surface area contributed by atoms with Gasteiger partial charge in [-0.1, -0.05) is 19.3 Å². The van der Waals surface area contributed by atoms with Gasteiger partial charge in [-0.25, -0.2) is 9.78 Å². The number of hydrogen-bond donors (Lipinski definition) is 2. The summed E-state index contributed by atoms with van der Waals surface area (Å²) in [5, 5.41) is 5.49. The van der Waals surface area contributed by atoms with Crippen molar-refractivity contribution in [2.24, 2.45) is 0 Å². The molecule has 0 atom stereocenters. The van der Waals surface area contributed by atoms with Crippen LogP contribution in [0.15, 0.2) is 17.8 Å². The summed E-state index contributed by atoms with van der Waals surface area (Å²) in [5.74, 6) is -0.788. The smallest absolute Gasteiger partial charge is 0.322 e. The highest BCUT2D eigenvalue weighted by atomic mass is 32.1. The average molecular weight is 347 g/mol. The van der Waals surface area contributed by atoms with Gasteiger partial charge >= 0.3 is 6.03 Å². The normalized spacial score (nSPS) is 19.9. The number of hydrogen-bond acceptors (Lipinski definition) is 5. The van der Waals surface area contributed by atoms with Crippen LogP contribution in [0.3, 0.4) is 0 Å². The van der Waals surface area contributed by atoms with Crippen molar-refractivity contribution in [1.82, 2.24) is 25.1 Å². The molecule has 2 aliphatic rings. The number of urea groups is 1. The predicted molar refractivity (Wildman–Crippen MR) is 86.1 cm³/mol. The lowest BCUT2D eigenvalue weighted by Crippen LogP contribution is -2.51. The number of imidazole rings is 1. The molecule has 0 unspecified atom stereocenters. The third-order valence-corrected chi connectivity index (χ3v) is 5.36. The van der Waals surface area contributed by atoms with Gasteiger partial charge in [-0.15, -0.1) is 11.3 Å². The molecule has 1 aliphatic heterocycles. The fourth-order valence-electron chi connectivity index (χ4n) is 3.41. The van der Waals surface area contributed by atoms with Gasteiger partial charge in [0.05, 0.1) is 12.1 Å². The first kappa shape index (κ1) is 15.1. The van der Waals surface area contributed by atoms with Gasteiger partial charge in [0.1, 0.15) is 5.54 Å². The third kappa shape index (κ3) is 2.44. The Morgan fingerprint density at radius 3 is 2.88 bits per heavy atom. The maximum absolute atomic E-state index is 12.6. The van der Waals surface area contributed by atoms with E-state index in [1.54, 1.807) is 6.20 Å². The van der Waals surface area contributed by atoms with Crippen LogP contribution in [0.4, 0.5) is 4.79 Å². The standard InChI is InChI=1S/C15H17N5O3S/c21-11(8-10-9-19-6-7-24-14(19)16-10)18-20-12(22)15(17-13(20)23)4-2-1-3-5-15/h6-7,9H,1-5,8H2,(H,17,23)(H,18,21). The van der Waals surface area contributed by atoms with Crippen LogP contribution >= 0.6 is 11.3 Å². The van der Waals surface area contributed by atoms with E-state index in [1.807, 2.05) is 16.0 Å². The van der Waals surface area contributed by atoms with Gasteiger partial charge in [-0.2, -0.15) is 5.01 Å². The zero-order valence-corrected chi connectivity index (χ0v) is 13.8. The Morgan fingerprint density at radius 2 is 2.12 bits per heavy atom. The van der Waals surface area contributed by atoms with Gasteiger partial charge in [0, 0.05) is 17.8 Å². The second-order valence-corrected chi connectivity index (χ2v) is 7.12. The molecule has 24 heavy (non-hydrogen) atoms. The van der Waals surface area contributed by atoms with Crippen molar-refractivity contribution in [3.05, 3.63) is 23.5 Å². The van der Waals surface area contributed by atoms with Crippen LogP contribution in [0.25, 0.3) is 4.96 Å². The number of carbonyl (C=O) groups is 3. The molecule has 0 aromatic carbocycles. The van der Waals surface area contributed by atoms with Crippen molar-refractivity contribution in [3.63, 3.8) is 0 Å². The van der Waals surface area contributed by atoms with Crippen LogP contribution in [0, 0.1) is 0 Å². The highest BCUT2D eigenvalue weighted by Gasteiger charge is 2.52. The Hall–Kier alpha value is -2.42. The van der Waals surface area contributed by atoms with Crippen LogP contribution in [0.2, 0.25) is 0 Å². The van der Waals surface area contributed by atoms with Crippen LogP contribution < -0.4 is 10.7 Å². The van der Waals surface area contributed by atoms with Crippen LogP contribution in [0.1, 0.15) is 37.8 Å². The number of thiazole rings is 1. The topological polar surface area (TPSA) is 95.8 Å². The molecule has 4 rings (SSSR count). The molecule has 0 bridgehead atoms. The molecular weight excluding hydrogens is 330 g/mol. The van der Waals surface area contributed by atoms with Crippen LogP contribution in [-0.4, -0.2) is 37.8 Å². The molecule has 1 aliphatic carbocycles. The van der Waals surface area contributed by atoms with Gasteiger partial charge in [-0.05, 0) is 12.8 Å². The monoisotopic (exact) mass is 347 g/mol. The molecule has 2 aromatic rings. The Morgan fingerprint density at radius 1 is 1.33 bits per heavy atom. The summed E-state index contributed by atoms with van der Waals surface area (Å²) in [5.41, 5.74) is 2.18. The van der Waals surface area contributed by atoms with Crippen molar-refractivity contribution in [3.8, 4) is 0 Å². The van der Waals surface area contributed by atoms with Gasteiger partial charge in [0.25, 0.3) is 5.91 Å². The van der Waals surface area contributed by atoms with Gasteiger partial charge in [0.2, 0.25) is 5.91 Å². The predicted octanol–water partition coefficient (Wildman–Crippen LogP) is 1.22. The highest BCUT2D eigenvalue weighted by Crippen LogP contribution is 2.32. The van der Waals surface area contributed by atoms with Crippen molar-refractivity contribution in [2.75, 3.05) is 0 Å². The lowest BCUT2D eigenvalue weighted by atomic mass is 9.82. The van der Waals surface area contributed by atoms with Crippen LogP contribution in [-0.2, 0) is 16.0 Å². The first-order valence-electron chi connectivity index (χ1n) is 7.95. The summed E-state index contributed by atoms with van der Waals surface area (Å²) in [4.78, 5) is 42.0. The van der Waals surface area contributed by atoms with E-state index < -0.39 is 17.5 Å². The number of imide groups is 1. The first-order valence-corrected chi connectivity index (χ1v) is 8.83. The summed E-state index contributed by atoms with van der Waals surface area (Å²) >= 11 is 1.48. The van der Waals surface area contributed by atoms with Gasteiger partial charge < -0.3 is 5.32 Å². The summed E-state index contributed by atoms with van der Waals surface area (Å²) in [6, 6.07) is -0.555. The van der Waals surface area contributed by atoms with E-state index in [-0.39, 0.29) is 12.3 Å². The number of hydrazine groups is 1. The number of aromatic nitrogens is 2. The Kier molecular flexibility index (Phi) is 3.52. The molecule has 0 radical (unpaired) electrons. The first-order chi connectivity index (χ1) is 11.6. The molecule has 3 heterocycles. The molecule has 1 spiro atoms. The van der Waals surface area contributed by atoms with Gasteiger partial charge in [0.15, 0.2) is 4.96 Å². The van der Waals surface area contributed by atoms with Crippen molar-refractivity contribution < 1.29 is 14.4 Å². The Bertz CT molecular complexity index is 792. The average Bonchev–Trinajstić information content (AvgIpc) is 3.18. The zero-order chi connectivity index (χ0) is 16.7. The molecule has 2 aromatic heterocycles. The number of amides is 4. The van der Waals surface area contributed by atoms with E-state index in [2.05, 4.69) is 15.7 Å². The molecule has 9 heteroatoms. The molecule has 126 valence electrons. The minimum absolute atomic E-state index is 0.0124. The maximum Gasteiger partial charge on any atom is 0.344 e. The molecule has 1 saturated heterocycles. The maximum atomic E-state index is 12.6. The molecule has 4 amide bonds. The van der Waals surface area contributed by atoms with Crippen molar-refractivity contribution in [1.29, 1.82) is 0 Å². The molecular formula is C15H17N5O3S. The summed E-state index contributed by atoms with van der Waals surface area (Å²) in [7, 11) is 0. The van der Waals surface area contributed by atoms with E-state index in [0.717, 1.165) is 29.2 Å². The molecule has 2 N–H and O–H groups in total. The number of rotatable bonds is 3. The number of carbonyl (C=O) groups excluding carboxylic acids is 3. The number of nitrogens with zero attached hydrogens (tertiary/aromatic N) is 3. The summed E-state index contributed by atoms with van der Waals surface area (Å²) in [6.45, 7) is 0. The van der Waals surface area contributed by atoms with E-state index >= 15 is 0 Å². The van der Waals surface area contributed by atoms with E-state index in [4.69, 9.17) is 0 Å². The molecule has 8 nitrogen and oxygen atoms in total. The summed E-state index contributed by atoms with van der Waals surface area (Å²) in [6.07, 6.45) is 7.76. The van der Waals surface area contributed by atoms with Crippen LogP contribution in [0.5, 0.6) is 0 Å². The van der Waals surface area contributed by atoms with Gasteiger partial charge in [-0.3, -0.25) is 19.4 Å². The minimum atomic E-state index is -0.834. The lowest BCUT2D eigenvalue weighted by molar-refractivity contribution is -0.139. The summed E-state index contributed by atoms with van der Waals surface area (Å²) < 4.78 is 1.83.